The van der Waals surface area contributed by atoms with Gasteiger partial charge < -0.3 is 10.1 Å². The molecule has 5 heteroatoms. The monoisotopic (exact) mass is 295 g/mol. The van der Waals surface area contributed by atoms with E-state index in [1.54, 1.807) is 0 Å². The fourth-order valence-electron chi connectivity index (χ4n) is 2.49. The van der Waals surface area contributed by atoms with Crippen molar-refractivity contribution in [2.75, 3.05) is 5.32 Å². The third-order valence-corrected chi connectivity index (χ3v) is 4.52. The third kappa shape index (κ3) is 3.20. The summed E-state index contributed by atoms with van der Waals surface area (Å²) >= 11 is 1.52. The van der Waals surface area contributed by atoms with E-state index in [0.29, 0.717) is 16.5 Å². The first-order chi connectivity index (χ1) is 9.38. The minimum Gasteiger partial charge on any atom is -0.459 e. The molecule has 1 atom stereocenters. The first kappa shape index (κ1) is 15.0. The van der Waals surface area contributed by atoms with Crippen LogP contribution < -0.4 is 5.32 Å². The maximum atomic E-state index is 12.3. The van der Waals surface area contributed by atoms with Crippen molar-refractivity contribution in [3.8, 4) is 0 Å². The lowest BCUT2D eigenvalue weighted by Crippen LogP contribution is -2.17. The highest BCUT2D eigenvalue weighted by Gasteiger charge is 2.29. The number of hydrogen-bond donors (Lipinski definition) is 1. The summed E-state index contributed by atoms with van der Waals surface area (Å²) in [7, 11) is 0. The van der Waals surface area contributed by atoms with Crippen LogP contribution in [0.4, 0.5) is 5.00 Å². The Kier molecular flexibility index (Phi) is 4.48. The van der Waals surface area contributed by atoms with Gasteiger partial charge in [-0.2, -0.15) is 0 Å². The summed E-state index contributed by atoms with van der Waals surface area (Å²) in [6.07, 6.45) is 2.77. The van der Waals surface area contributed by atoms with Gasteiger partial charge in [-0.1, -0.05) is 6.92 Å². The predicted octanol–water partition coefficient (Wildman–Crippen LogP) is 3.40. The van der Waals surface area contributed by atoms with Crippen LogP contribution >= 0.6 is 11.3 Å². The number of rotatable bonds is 3. The fraction of sp³-hybridized carbons (Fsp3) is 0.600. The van der Waals surface area contributed by atoms with Crippen LogP contribution in [0.15, 0.2) is 0 Å². The summed E-state index contributed by atoms with van der Waals surface area (Å²) < 4.78 is 5.33. The maximum absolute atomic E-state index is 12.3. The molecule has 0 saturated heterocycles. The number of hydrogen-bond acceptors (Lipinski definition) is 4. The molecule has 1 aliphatic rings. The highest BCUT2D eigenvalue weighted by atomic mass is 32.1. The molecule has 4 nitrogen and oxygen atoms in total. The lowest BCUT2D eigenvalue weighted by Gasteiger charge is -2.18. The molecule has 1 heterocycles. The van der Waals surface area contributed by atoms with Crippen LogP contribution in [0.1, 0.15) is 54.9 Å². The Morgan fingerprint density at radius 3 is 2.70 bits per heavy atom. The molecule has 0 bridgehead atoms. The number of esters is 1. The molecule has 0 aromatic carbocycles. The molecule has 0 spiro atoms. The van der Waals surface area contributed by atoms with E-state index in [1.165, 1.54) is 23.1 Å². The van der Waals surface area contributed by atoms with Crippen molar-refractivity contribution in [1.29, 1.82) is 0 Å². The summed E-state index contributed by atoms with van der Waals surface area (Å²) in [5.41, 5.74) is 1.64. The lowest BCUT2D eigenvalue weighted by molar-refractivity contribution is -0.114. The Bertz CT molecular complexity index is 533. The van der Waals surface area contributed by atoms with E-state index in [4.69, 9.17) is 4.74 Å². The van der Waals surface area contributed by atoms with Crippen LogP contribution in [0, 0.1) is 5.92 Å². The average molecular weight is 295 g/mol. The fourth-order valence-corrected chi connectivity index (χ4v) is 3.93. The van der Waals surface area contributed by atoms with Crippen molar-refractivity contribution in [2.45, 2.75) is 53.1 Å². The molecule has 20 heavy (non-hydrogen) atoms. The Labute approximate surface area is 123 Å². The molecule has 0 aliphatic heterocycles. The molecule has 1 unspecified atom stereocenters. The van der Waals surface area contributed by atoms with Crippen molar-refractivity contribution >= 4 is 28.2 Å². The molecule has 1 aromatic rings. The Hall–Kier alpha value is -1.36. The van der Waals surface area contributed by atoms with Gasteiger partial charge in [0.05, 0.1) is 11.7 Å². The molecular formula is C15H21NO3S. The van der Waals surface area contributed by atoms with Crippen LogP contribution in [-0.2, 0) is 22.4 Å². The number of carbonyl (C=O) groups is 2. The van der Waals surface area contributed by atoms with E-state index >= 15 is 0 Å². The normalized spacial score (nSPS) is 17.8. The van der Waals surface area contributed by atoms with Crippen LogP contribution in [0.2, 0.25) is 0 Å². The minimum atomic E-state index is -0.323. The second kappa shape index (κ2) is 5.95. The molecule has 0 fully saturated rings. The van der Waals surface area contributed by atoms with Gasteiger partial charge in [0.2, 0.25) is 5.91 Å². The summed E-state index contributed by atoms with van der Waals surface area (Å²) in [5, 5.41) is 3.42. The van der Waals surface area contributed by atoms with Crippen LogP contribution in [0.5, 0.6) is 0 Å². The van der Waals surface area contributed by atoms with E-state index in [1.807, 2.05) is 13.8 Å². The second-order valence-corrected chi connectivity index (χ2v) is 6.80. The molecule has 1 amide bonds. The maximum Gasteiger partial charge on any atom is 0.341 e. The van der Waals surface area contributed by atoms with Crippen molar-refractivity contribution in [3.63, 3.8) is 0 Å². The molecular weight excluding hydrogens is 274 g/mol. The Morgan fingerprint density at radius 1 is 1.40 bits per heavy atom. The number of nitrogens with one attached hydrogen (secondary N) is 1. The Morgan fingerprint density at radius 2 is 2.10 bits per heavy atom. The number of ether oxygens (including phenoxy) is 1. The summed E-state index contributed by atoms with van der Waals surface area (Å²) in [5.74, 6) is 0.145. The van der Waals surface area contributed by atoms with Crippen molar-refractivity contribution in [3.05, 3.63) is 16.0 Å². The van der Waals surface area contributed by atoms with E-state index in [-0.39, 0.29) is 18.0 Å². The standard InChI is InChI=1S/C15H21NO3S/c1-8(2)19-15(18)13-11-6-5-9(3)7-12(11)20-14(13)16-10(4)17/h8-9H,5-7H2,1-4H3,(H,16,17). The van der Waals surface area contributed by atoms with E-state index in [9.17, 15) is 9.59 Å². The highest BCUT2D eigenvalue weighted by Crippen LogP contribution is 2.40. The zero-order valence-corrected chi connectivity index (χ0v) is 13.2. The molecule has 1 aromatic heterocycles. The van der Waals surface area contributed by atoms with Gasteiger partial charge in [0.25, 0.3) is 0 Å². The third-order valence-electron chi connectivity index (χ3n) is 3.35. The number of fused-ring (bicyclic) bond motifs is 1. The quantitative estimate of drug-likeness (QED) is 0.870. The van der Waals surface area contributed by atoms with Gasteiger partial charge in [-0.3, -0.25) is 4.79 Å². The molecule has 1 N–H and O–H groups in total. The van der Waals surface area contributed by atoms with Crippen LogP contribution in [-0.4, -0.2) is 18.0 Å². The van der Waals surface area contributed by atoms with Gasteiger partial charge in [0.15, 0.2) is 0 Å². The van der Waals surface area contributed by atoms with Gasteiger partial charge in [0, 0.05) is 11.8 Å². The lowest BCUT2D eigenvalue weighted by atomic mass is 9.88. The van der Waals surface area contributed by atoms with E-state index in [0.717, 1.165) is 24.8 Å². The molecule has 2 rings (SSSR count). The summed E-state index contributed by atoms with van der Waals surface area (Å²) in [6, 6.07) is 0. The Balaban J connectivity index is 2.40. The van der Waals surface area contributed by atoms with Crippen LogP contribution in [0.25, 0.3) is 0 Å². The van der Waals surface area contributed by atoms with Gasteiger partial charge in [-0.25, -0.2) is 4.79 Å². The molecule has 110 valence electrons. The first-order valence-electron chi connectivity index (χ1n) is 7.01. The molecule has 1 aliphatic carbocycles. The number of anilines is 1. The second-order valence-electron chi connectivity index (χ2n) is 5.69. The van der Waals surface area contributed by atoms with Crippen molar-refractivity contribution in [1.82, 2.24) is 0 Å². The van der Waals surface area contributed by atoms with E-state index in [2.05, 4.69) is 12.2 Å². The highest BCUT2D eigenvalue weighted by molar-refractivity contribution is 7.17. The average Bonchev–Trinajstić information content (AvgIpc) is 2.63. The van der Waals surface area contributed by atoms with E-state index < -0.39 is 0 Å². The zero-order chi connectivity index (χ0) is 14.9. The largest absolute Gasteiger partial charge is 0.459 e. The topological polar surface area (TPSA) is 55.4 Å². The zero-order valence-electron chi connectivity index (χ0n) is 12.4. The SMILES string of the molecule is CC(=O)Nc1sc2c(c1C(=O)OC(C)C)CCC(C)C2. The van der Waals surface area contributed by atoms with Crippen LogP contribution in [0.3, 0.4) is 0 Å². The van der Waals surface area contributed by atoms with Gasteiger partial charge in [0.1, 0.15) is 5.00 Å². The minimum absolute atomic E-state index is 0.157. The smallest absolute Gasteiger partial charge is 0.341 e. The predicted molar refractivity (Wildman–Crippen MR) is 80.4 cm³/mol. The molecule has 0 saturated carbocycles. The molecule has 0 radical (unpaired) electrons. The number of amides is 1. The van der Waals surface area contributed by atoms with Gasteiger partial charge in [-0.05, 0) is 44.6 Å². The first-order valence-corrected chi connectivity index (χ1v) is 7.83. The number of carbonyl (C=O) groups excluding carboxylic acids is 2. The van der Waals surface area contributed by atoms with Crippen molar-refractivity contribution in [2.24, 2.45) is 5.92 Å². The summed E-state index contributed by atoms with van der Waals surface area (Å²) in [4.78, 5) is 24.8. The van der Waals surface area contributed by atoms with Gasteiger partial charge >= 0.3 is 5.97 Å². The summed E-state index contributed by atoms with van der Waals surface area (Å²) in [6.45, 7) is 7.33. The van der Waals surface area contributed by atoms with Crippen molar-refractivity contribution < 1.29 is 14.3 Å². The number of thiophene rings is 1. The van der Waals surface area contributed by atoms with Gasteiger partial charge in [-0.15, -0.1) is 11.3 Å².